The Hall–Kier alpha value is -3.61. The van der Waals surface area contributed by atoms with Crippen molar-refractivity contribution in [3.8, 4) is 0 Å². The van der Waals surface area contributed by atoms with Crippen LogP contribution in [0.2, 0.25) is 5.11 Å². The van der Waals surface area contributed by atoms with Crippen molar-refractivity contribution in [2.75, 3.05) is 26.9 Å². The molecule has 10 radical (unpaired) electrons. The largest absolute Gasteiger partial charge is 0.416 e. The van der Waals surface area contributed by atoms with Gasteiger partial charge in [0, 0.05) is 18.9 Å². The van der Waals surface area contributed by atoms with Crippen LogP contribution in [0.1, 0.15) is 47.7 Å². The van der Waals surface area contributed by atoms with Crippen LogP contribution >= 0.6 is 0 Å². The van der Waals surface area contributed by atoms with E-state index in [4.69, 9.17) is 48.7 Å². The van der Waals surface area contributed by atoms with E-state index >= 15 is 0 Å². The maximum atomic E-state index is 13.6. The Morgan fingerprint density at radius 2 is 1.77 bits per heavy atom. The Bertz CT molecular complexity index is 1640. The third kappa shape index (κ3) is 7.50. The van der Waals surface area contributed by atoms with E-state index in [9.17, 15) is 35.9 Å². The van der Waals surface area contributed by atoms with Crippen molar-refractivity contribution in [3.63, 3.8) is 0 Å². The lowest BCUT2D eigenvalue weighted by Crippen LogP contribution is -2.50. The van der Waals surface area contributed by atoms with Crippen LogP contribution < -0.4 is 10.6 Å². The Balaban J connectivity index is 1.69. The molecule has 0 aromatic carbocycles. The van der Waals surface area contributed by atoms with Crippen molar-refractivity contribution in [3.05, 3.63) is 47.7 Å². The van der Waals surface area contributed by atoms with E-state index in [1.54, 1.807) is 0 Å². The van der Waals surface area contributed by atoms with Crippen molar-refractivity contribution in [2.45, 2.75) is 60.4 Å². The summed E-state index contributed by atoms with van der Waals surface area (Å²) >= 11 is 0. The number of amides is 3. The number of hydrogen-bond acceptors (Lipinski definition) is 7. The first-order valence-corrected chi connectivity index (χ1v) is 14.0. The van der Waals surface area contributed by atoms with Crippen LogP contribution in [0.4, 0.5) is 31.1 Å². The van der Waals surface area contributed by atoms with Gasteiger partial charge in [0.05, 0.1) is 89.2 Å². The monoisotopic (exact) mass is 670 g/mol. The highest BCUT2D eigenvalue weighted by Gasteiger charge is 2.50. The third-order valence-corrected chi connectivity index (χ3v) is 7.65. The number of urea groups is 1. The zero-order valence-electron chi connectivity index (χ0n) is 25.7. The fourth-order valence-electron chi connectivity index (χ4n) is 4.56. The molecule has 3 aromatic heterocycles. The van der Waals surface area contributed by atoms with Gasteiger partial charge in [-0.05, 0) is 31.3 Å². The van der Waals surface area contributed by atoms with Gasteiger partial charge in [-0.2, -0.15) is 36.5 Å². The molecule has 0 spiro atoms. The second kappa shape index (κ2) is 13.0. The number of aromatic nitrogens is 5. The van der Waals surface area contributed by atoms with Crippen molar-refractivity contribution in [1.29, 1.82) is 0 Å². The van der Waals surface area contributed by atoms with Gasteiger partial charge in [-0.15, -0.1) is 5.11 Å². The molecule has 4 heterocycles. The summed E-state index contributed by atoms with van der Waals surface area (Å²) in [6.07, 6.45) is -5.84. The van der Waals surface area contributed by atoms with E-state index in [2.05, 4.69) is 20.5 Å². The van der Waals surface area contributed by atoms with Crippen LogP contribution in [0.5, 0.6) is 0 Å². The molecule has 1 aliphatic heterocycles. The number of alkyl halides is 6. The van der Waals surface area contributed by atoms with E-state index in [1.807, 2.05) is 5.32 Å². The van der Waals surface area contributed by atoms with Gasteiger partial charge in [-0.3, -0.25) is 9.48 Å². The maximum Gasteiger partial charge on any atom is 0.416 e. The maximum absolute atomic E-state index is 13.6. The molecule has 48 heavy (non-hydrogen) atoms. The Morgan fingerprint density at radius 3 is 2.33 bits per heavy atom. The Morgan fingerprint density at radius 1 is 1.10 bits per heavy atom. The number of methoxy groups -OCH3 is 1. The van der Waals surface area contributed by atoms with Gasteiger partial charge < -0.3 is 25.0 Å². The van der Waals surface area contributed by atoms with Gasteiger partial charge in [-0.25, -0.2) is 14.3 Å². The van der Waals surface area contributed by atoms with Crippen molar-refractivity contribution < 1.29 is 45.4 Å². The predicted octanol–water partition coefficient (Wildman–Crippen LogP) is 0.924. The second-order valence-corrected chi connectivity index (χ2v) is 11.7. The standard InChI is InChI=1S/C25H25B5F6N8O4/c1-21(2,25(34,35)36)48-10-14(40-19(45)15-4-5-37-44(15)24(29,30)23(26,27)28)13-8-43-18(39-13)6-12(7-38-43)16(11-47-3)42-9-17(22(31,32)33)41-20(42)46/h4-8,14,16-17H,9-11H2,1-3H3,(H,40,45)(H,41,46). The van der Waals surface area contributed by atoms with E-state index in [0.717, 1.165) is 29.6 Å². The number of imidazole rings is 1. The van der Waals surface area contributed by atoms with Gasteiger partial charge in [0.2, 0.25) is 0 Å². The van der Waals surface area contributed by atoms with Crippen molar-refractivity contribution in [1.82, 2.24) is 39.9 Å². The summed E-state index contributed by atoms with van der Waals surface area (Å²) in [5, 5.41) is 7.83. The number of rotatable bonds is 12. The minimum absolute atomic E-state index is 0.0473. The zero-order valence-corrected chi connectivity index (χ0v) is 25.7. The number of carbonyl (C=O) groups excluding carboxylic acids is 2. The van der Waals surface area contributed by atoms with Crippen LogP contribution in [-0.2, 0) is 14.8 Å². The van der Waals surface area contributed by atoms with Gasteiger partial charge >= 0.3 is 18.4 Å². The topological polar surface area (TPSA) is 128 Å². The van der Waals surface area contributed by atoms with E-state index in [0.29, 0.717) is 0 Å². The number of hydrogen-bond donors (Lipinski definition) is 2. The highest BCUT2D eigenvalue weighted by molar-refractivity contribution is 6.66. The van der Waals surface area contributed by atoms with E-state index in [1.165, 1.54) is 36.2 Å². The lowest BCUT2D eigenvalue weighted by atomic mass is 9.26. The van der Waals surface area contributed by atoms with Gasteiger partial charge in [0.1, 0.15) is 11.7 Å². The molecule has 3 amide bonds. The number of nitrogens with one attached hydrogen (secondary N) is 2. The van der Waals surface area contributed by atoms with Crippen LogP contribution in [-0.4, -0.2) is 131 Å². The molecule has 246 valence electrons. The quantitative estimate of drug-likeness (QED) is 0.217. The first kappa shape index (κ1) is 37.2. The van der Waals surface area contributed by atoms with Gasteiger partial charge in [0.15, 0.2) is 11.2 Å². The molecule has 0 bridgehead atoms. The summed E-state index contributed by atoms with van der Waals surface area (Å²) in [5.74, 6) is -0.972. The predicted molar refractivity (Wildman–Crippen MR) is 161 cm³/mol. The molecule has 0 saturated carbocycles. The average Bonchev–Trinajstić information content (AvgIpc) is 3.70. The first-order chi connectivity index (χ1) is 22.0. The highest BCUT2D eigenvalue weighted by Crippen LogP contribution is 2.35. The van der Waals surface area contributed by atoms with Crippen LogP contribution in [0.15, 0.2) is 30.7 Å². The Labute approximate surface area is 277 Å². The molecule has 4 rings (SSSR count). The lowest BCUT2D eigenvalue weighted by Gasteiger charge is -2.43. The molecule has 1 fully saturated rings. The Kier molecular flexibility index (Phi) is 10.1. The summed E-state index contributed by atoms with van der Waals surface area (Å²) in [7, 11) is 30.2. The average molecular weight is 670 g/mol. The zero-order chi connectivity index (χ0) is 36.0. The van der Waals surface area contributed by atoms with Crippen LogP contribution in [0, 0.1) is 0 Å². The lowest BCUT2D eigenvalue weighted by molar-refractivity contribution is -0.265. The molecule has 0 aliphatic carbocycles. The fourth-order valence-corrected chi connectivity index (χ4v) is 4.56. The first-order valence-electron chi connectivity index (χ1n) is 14.0. The molecule has 3 aromatic rings. The van der Waals surface area contributed by atoms with Crippen LogP contribution in [0.3, 0.4) is 0 Å². The summed E-state index contributed by atoms with van der Waals surface area (Å²) in [4.78, 5) is 31.2. The summed E-state index contributed by atoms with van der Waals surface area (Å²) in [6, 6.07) is -2.95. The highest BCUT2D eigenvalue weighted by atomic mass is 19.4. The third-order valence-electron chi connectivity index (χ3n) is 7.65. The van der Waals surface area contributed by atoms with Crippen molar-refractivity contribution >= 4 is 56.8 Å². The number of nitrogens with zero attached hydrogens (tertiary/aromatic N) is 6. The second-order valence-electron chi connectivity index (χ2n) is 11.7. The normalized spacial score (nSPS) is 17.8. The molecule has 2 N–H and O–H groups in total. The van der Waals surface area contributed by atoms with Gasteiger partial charge in [-0.1, -0.05) is 0 Å². The molecular weight excluding hydrogens is 644 g/mol. The number of fused-ring (bicyclic) bond motifs is 1. The molecule has 23 heteroatoms. The summed E-state index contributed by atoms with van der Waals surface area (Å²) < 4.78 is 93.2. The number of ether oxygens (including phenoxy) is 2. The number of halogens is 6. The van der Waals surface area contributed by atoms with E-state index in [-0.39, 0.29) is 29.2 Å². The van der Waals surface area contributed by atoms with Crippen molar-refractivity contribution in [2.24, 2.45) is 0 Å². The summed E-state index contributed by atoms with van der Waals surface area (Å²) in [5.41, 5.74) is -2.76. The molecular formula is C25H25B5F6N8O4. The summed E-state index contributed by atoms with van der Waals surface area (Å²) in [6.45, 7) is -0.118. The van der Waals surface area contributed by atoms with E-state index < -0.39 is 71.6 Å². The molecule has 1 aliphatic rings. The molecule has 3 unspecified atom stereocenters. The smallest absolute Gasteiger partial charge is 0.382 e. The minimum Gasteiger partial charge on any atom is -0.382 e. The molecule has 12 nitrogen and oxygen atoms in total. The van der Waals surface area contributed by atoms with Gasteiger partial charge in [0.25, 0.3) is 5.91 Å². The minimum atomic E-state index is -4.80. The fraction of sp³-hybridized carbons (Fsp3) is 0.560. The van der Waals surface area contributed by atoms with Crippen LogP contribution in [0.25, 0.3) is 5.65 Å². The molecule has 3 atom stereocenters. The molecule has 1 saturated heterocycles. The number of carbonyl (C=O) groups is 2. The SMILES string of the molecule is [B]C([B])([B])C([B])([B])n1nccc1C(=O)NC(COC(C)(C)C(F)(F)F)c1cn2ncc(C(COC)N3CC(C(F)(F)F)NC3=O)cc2n1.